The Kier molecular flexibility index (Phi) is 4.45. The summed E-state index contributed by atoms with van der Waals surface area (Å²) in [6, 6.07) is 0. The Labute approximate surface area is 100.0 Å². The first-order valence-electron chi connectivity index (χ1n) is 6.12. The van der Waals surface area contributed by atoms with Crippen molar-refractivity contribution in [3.05, 3.63) is 0 Å². The van der Waals surface area contributed by atoms with Gasteiger partial charge in [0.05, 0.1) is 26.7 Å². The highest BCUT2D eigenvalue weighted by atomic mass is 35.5. The molecule has 3 heteroatoms. The molecule has 2 saturated heterocycles. The molecule has 90 valence electrons. The zero-order valence-electron chi connectivity index (χ0n) is 10.2. The second kappa shape index (κ2) is 5.03. The van der Waals surface area contributed by atoms with Gasteiger partial charge < -0.3 is 21.6 Å². The van der Waals surface area contributed by atoms with Crippen LogP contribution in [0.2, 0.25) is 0 Å². The first kappa shape index (κ1) is 13.3. The summed E-state index contributed by atoms with van der Waals surface area (Å²) in [7, 11) is 2.42. The van der Waals surface area contributed by atoms with E-state index in [-0.39, 0.29) is 12.4 Å². The highest BCUT2D eigenvalue weighted by Gasteiger charge is 2.44. The molecule has 15 heavy (non-hydrogen) atoms. The van der Waals surface area contributed by atoms with Gasteiger partial charge in [0, 0.05) is 11.8 Å². The molecule has 2 aliphatic heterocycles. The van der Waals surface area contributed by atoms with Crippen LogP contribution in [0.15, 0.2) is 0 Å². The molecule has 0 N–H and O–H groups in total. The smallest absolute Gasteiger partial charge is 0.130 e. The zero-order valence-corrected chi connectivity index (χ0v) is 11.0. The van der Waals surface area contributed by atoms with Crippen molar-refractivity contribution in [3.8, 4) is 0 Å². The molecule has 0 saturated carbocycles. The third-order valence-corrected chi connectivity index (χ3v) is 4.11. The van der Waals surface area contributed by atoms with Gasteiger partial charge in [0.25, 0.3) is 0 Å². The fourth-order valence-corrected chi connectivity index (χ4v) is 3.24. The molecule has 0 aliphatic carbocycles. The Morgan fingerprint density at radius 2 is 1.60 bits per heavy atom. The van der Waals surface area contributed by atoms with Crippen molar-refractivity contribution >= 4 is 0 Å². The van der Waals surface area contributed by atoms with E-state index in [4.69, 9.17) is 4.74 Å². The lowest BCUT2D eigenvalue weighted by Gasteiger charge is -2.29. The van der Waals surface area contributed by atoms with Gasteiger partial charge in [-0.2, -0.15) is 0 Å². The molecule has 0 spiro atoms. The van der Waals surface area contributed by atoms with Crippen molar-refractivity contribution in [1.29, 1.82) is 0 Å². The van der Waals surface area contributed by atoms with Crippen LogP contribution in [0.25, 0.3) is 0 Å². The van der Waals surface area contributed by atoms with Crippen LogP contribution < -0.4 is 12.4 Å². The molecule has 0 aromatic carbocycles. The second-order valence-electron chi connectivity index (χ2n) is 5.46. The Morgan fingerprint density at radius 1 is 1.13 bits per heavy atom. The predicted octanol–water partition coefficient (Wildman–Crippen LogP) is -1.10. The standard InChI is InChI=1S/C12H24NO.ClH/c1-4-10-6-13(3,7-11(10)5-2)8-12-9-14-12;/h10-12H,4-9H2,1-3H3;1H/q+1;/p-1. The average molecular weight is 234 g/mol. The number of likely N-dealkylation sites (N-methyl/N-ethyl adjacent to an activating group) is 1. The van der Waals surface area contributed by atoms with Crippen molar-refractivity contribution in [3.63, 3.8) is 0 Å². The molecule has 2 fully saturated rings. The first-order chi connectivity index (χ1) is 6.67. The molecule has 0 bridgehead atoms. The van der Waals surface area contributed by atoms with E-state index >= 15 is 0 Å². The molecule has 2 rings (SSSR count). The topological polar surface area (TPSA) is 12.5 Å². The SMILES string of the molecule is CCC1C[N+](C)(CC2CO2)CC1CC.[Cl-]. The summed E-state index contributed by atoms with van der Waals surface area (Å²) in [5.74, 6) is 1.92. The molecule has 2 heterocycles. The van der Waals surface area contributed by atoms with E-state index in [1.165, 1.54) is 37.0 Å². The summed E-state index contributed by atoms with van der Waals surface area (Å²) in [6.07, 6.45) is 3.31. The molecule has 0 aromatic rings. The minimum Gasteiger partial charge on any atom is -1.00 e. The lowest BCUT2D eigenvalue weighted by atomic mass is 9.92. The van der Waals surface area contributed by atoms with Gasteiger partial charge in [-0.25, -0.2) is 0 Å². The van der Waals surface area contributed by atoms with Gasteiger partial charge in [-0.05, 0) is 12.8 Å². The van der Waals surface area contributed by atoms with E-state index in [1.54, 1.807) is 0 Å². The number of ether oxygens (including phenoxy) is 1. The Hall–Kier alpha value is 0.210. The van der Waals surface area contributed by atoms with Crippen molar-refractivity contribution in [2.24, 2.45) is 11.8 Å². The number of quaternary nitrogens is 1. The minimum atomic E-state index is 0. The summed E-state index contributed by atoms with van der Waals surface area (Å²) in [4.78, 5) is 0. The number of hydrogen-bond donors (Lipinski definition) is 0. The lowest BCUT2D eigenvalue weighted by molar-refractivity contribution is -0.900. The van der Waals surface area contributed by atoms with Crippen LogP contribution in [0.1, 0.15) is 26.7 Å². The maximum Gasteiger partial charge on any atom is 0.130 e. The normalized spacial score (nSPS) is 43.8. The van der Waals surface area contributed by atoms with Crippen LogP contribution in [0.4, 0.5) is 0 Å². The van der Waals surface area contributed by atoms with Gasteiger partial charge in [0.1, 0.15) is 12.6 Å². The maximum atomic E-state index is 5.36. The van der Waals surface area contributed by atoms with Crippen LogP contribution in [-0.4, -0.2) is 43.9 Å². The average Bonchev–Trinajstić information content (AvgIpc) is 2.88. The van der Waals surface area contributed by atoms with E-state index in [0.29, 0.717) is 6.10 Å². The number of likely N-dealkylation sites (tertiary alicyclic amines) is 1. The third kappa shape index (κ3) is 3.08. The number of rotatable bonds is 4. The molecular weight excluding hydrogens is 210 g/mol. The van der Waals surface area contributed by atoms with E-state index in [9.17, 15) is 0 Å². The molecule has 2 aliphatic rings. The van der Waals surface area contributed by atoms with Crippen molar-refractivity contribution < 1.29 is 21.6 Å². The molecule has 0 aromatic heterocycles. The van der Waals surface area contributed by atoms with Gasteiger partial charge in [0.15, 0.2) is 0 Å². The van der Waals surface area contributed by atoms with Crippen molar-refractivity contribution in [2.75, 3.05) is 33.3 Å². The number of halogens is 1. The molecular formula is C12H24ClNO. The summed E-state index contributed by atoms with van der Waals surface area (Å²) >= 11 is 0. The maximum absolute atomic E-state index is 5.36. The van der Waals surface area contributed by atoms with Gasteiger partial charge in [0.2, 0.25) is 0 Å². The Bertz CT molecular complexity index is 194. The van der Waals surface area contributed by atoms with Crippen LogP contribution in [0, 0.1) is 11.8 Å². The molecule has 2 nitrogen and oxygen atoms in total. The quantitative estimate of drug-likeness (QED) is 0.444. The number of nitrogens with zero attached hydrogens (tertiary/aromatic N) is 1. The van der Waals surface area contributed by atoms with E-state index in [1.807, 2.05) is 0 Å². The number of epoxide rings is 1. The summed E-state index contributed by atoms with van der Waals surface area (Å²) in [6.45, 7) is 9.73. The summed E-state index contributed by atoms with van der Waals surface area (Å²) < 4.78 is 6.62. The fourth-order valence-electron chi connectivity index (χ4n) is 3.24. The zero-order chi connectivity index (χ0) is 10.2. The third-order valence-electron chi connectivity index (χ3n) is 4.11. The van der Waals surface area contributed by atoms with Crippen LogP contribution in [-0.2, 0) is 4.74 Å². The predicted molar refractivity (Wildman–Crippen MR) is 58.1 cm³/mol. The molecule has 3 unspecified atom stereocenters. The lowest BCUT2D eigenvalue weighted by Crippen LogP contribution is -3.00. The van der Waals surface area contributed by atoms with E-state index in [2.05, 4.69) is 20.9 Å². The van der Waals surface area contributed by atoms with E-state index < -0.39 is 0 Å². The monoisotopic (exact) mass is 233 g/mol. The van der Waals surface area contributed by atoms with Gasteiger partial charge >= 0.3 is 0 Å². The van der Waals surface area contributed by atoms with Gasteiger partial charge in [-0.15, -0.1) is 0 Å². The second-order valence-corrected chi connectivity index (χ2v) is 5.46. The fraction of sp³-hybridized carbons (Fsp3) is 1.00. The van der Waals surface area contributed by atoms with Crippen LogP contribution >= 0.6 is 0 Å². The number of hydrogen-bond acceptors (Lipinski definition) is 1. The van der Waals surface area contributed by atoms with Crippen LogP contribution in [0.3, 0.4) is 0 Å². The Balaban J connectivity index is 0.00000112. The molecule has 3 atom stereocenters. The van der Waals surface area contributed by atoms with Gasteiger partial charge in [-0.1, -0.05) is 13.8 Å². The highest BCUT2D eigenvalue weighted by Crippen LogP contribution is 2.34. The van der Waals surface area contributed by atoms with Crippen molar-refractivity contribution in [1.82, 2.24) is 0 Å². The highest BCUT2D eigenvalue weighted by molar-refractivity contribution is 4.77. The van der Waals surface area contributed by atoms with Gasteiger partial charge in [-0.3, -0.25) is 0 Å². The minimum absolute atomic E-state index is 0. The Morgan fingerprint density at radius 3 is 1.93 bits per heavy atom. The molecule has 0 amide bonds. The largest absolute Gasteiger partial charge is 1.00 e. The van der Waals surface area contributed by atoms with Crippen molar-refractivity contribution in [2.45, 2.75) is 32.8 Å². The summed E-state index contributed by atoms with van der Waals surface area (Å²) in [5.41, 5.74) is 0. The summed E-state index contributed by atoms with van der Waals surface area (Å²) in [5, 5.41) is 0. The molecule has 0 radical (unpaired) electrons. The van der Waals surface area contributed by atoms with Crippen LogP contribution in [0.5, 0.6) is 0 Å². The first-order valence-corrected chi connectivity index (χ1v) is 6.12. The van der Waals surface area contributed by atoms with E-state index in [0.717, 1.165) is 18.4 Å².